The van der Waals surface area contributed by atoms with Crippen LogP contribution >= 0.6 is 0 Å². The maximum atomic E-state index is 8.92. The molecule has 1 heteroatoms. The Bertz CT molecular complexity index is 751. The maximum Gasteiger partial charge on any atom is 0.0669 e. The van der Waals surface area contributed by atoms with E-state index < -0.39 is 0 Å². The van der Waals surface area contributed by atoms with E-state index in [9.17, 15) is 0 Å². The largest absolute Gasteiger partial charge is 0.198 e. The third-order valence-corrected chi connectivity index (χ3v) is 3.37. The Morgan fingerprint density at radius 1 is 0.737 bits per heavy atom. The normalized spacial score (nSPS) is 10.3. The highest BCUT2D eigenvalue weighted by Gasteiger charge is 2.06. The van der Waals surface area contributed by atoms with Gasteiger partial charge in [0.25, 0.3) is 0 Å². The molecule has 0 unspecified atom stereocenters. The molecule has 0 atom stereocenters. The molecule has 19 heavy (non-hydrogen) atoms. The van der Waals surface area contributed by atoms with Crippen LogP contribution in [0, 0.1) is 11.3 Å². The number of nitriles is 1. The predicted octanol–water partition coefficient (Wildman–Crippen LogP) is 4.57. The molecular formula is C18H13N. The van der Waals surface area contributed by atoms with Crippen molar-refractivity contribution in [3.63, 3.8) is 0 Å². The van der Waals surface area contributed by atoms with Gasteiger partial charge in [-0.3, -0.25) is 0 Å². The van der Waals surface area contributed by atoms with Crippen molar-refractivity contribution in [2.45, 2.75) is 6.42 Å². The molecule has 0 heterocycles. The lowest BCUT2D eigenvalue weighted by Crippen LogP contribution is -1.88. The van der Waals surface area contributed by atoms with Crippen LogP contribution in [0.25, 0.3) is 21.9 Å². The molecule has 0 saturated heterocycles. The zero-order chi connectivity index (χ0) is 13.1. The minimum absolute atomic E-state index is 0.454. The van der Waals surface area contributed by atoms with Crippen molar-refractivity contribution < 1.29 is 0 Å². The molecule has 3 rings (SSSR count). The van der Waals surface area contributed by atoms with E-state index in [2.05, 4.69) is 42.5 Å². The molecule has 0 bridgehead atoms. The van der Waals surface area contributed by atoms with Crippen LogP contribution in [0.3, 0.4) is 0 Å². The first-order valence-electron chi connectivity index (χ1n) is 6.33. The molecule has 0 amide bonds. The van der Waals surface area contributed by atoms with E-state index in [0.717, 1.165) is 5.56 Å². The monoisotopic (exact) mass is 243 g/mol. The fourth-order valence-electron chi connectivity index (χ4n) is 2.47. The van der Waals surface area contributed by atoms with Crippen LogP contribution in [-0.2, 0) is 6.42 Å². The second-order valence-electron chi connectivity index (χ2n) is 4.52. The first kappa shape index (κ1) is 11.5. The Morgan fingerprint density at radius 2 is 1.42 bits per heavy atom. The van der Waals surface area contributed by atoms with Gasteiger partial charge in [0.15, 0.2) is 0 Å². The highest BCUT2D eigenvalue weighted by molar-refractivity contribution is 5.98. The van der Waals surface area contributed by atoms with E-state index in [4.69, 9.17) is 5.26 Å². The second-order valence-corrected chi connectivity index (χ2v) is 4.52. The van der Waals surface area contributed by atoms with E-state index in [-0.39, 0.29) is 0 Å². The van der Waals surface area contributed by atoms with Crippen molar-refractivity contribution in [2.75, 3.05) is 0 Å². The van der Waals surface area contributed by atoms with Crippen LogP contribution in [0.2, 0.25) is 0 Å². The smallest absolute Gasteiger partial charge is 0.0669 e. The highest BCUT2D eigenvalue weighted by atomic mass is 14.2. The summed E-state index contributed by atoms with van der Waals surface area (Å²) >= 11 is 0. The lowest BCUT2D eigenvalue weighted by atomic mass is 9.94. The minimum Gasteiger partial charge on any atom is -0.198 e. The predicted molar refractivity (Wildman–Crippen MR) is 78.7 cm³/mol. The number of hydrogen-bond donors (Lipinski definition) is 0. The molecule has 3 aromatic carbocycles. The molecule has 1 nitrogen and oxygen atoms in total. The lowest BCUT2D eigenvalue weighted by Gasteiger charge is -2.09. The summed E-state index contributed by atoms with van der Waals surface area (Å²) in [7, 11) is 0. The van der Waals surface area contributed by atoms with Crippen molar-refractivity contribution in [3.8, 4) is 17.2 Å². The van der Waals surface area contributed by atoms with Crippen LogP contribution in [0.4, 0.5) is 0 Å². The van der Waals surface area contributed by atoms with E-state index in [1.807, 2.05) is 30.3 Å². The molecule has 0 aromatic heterocycles. The van der Waals surface area contributed by atoms with Gasteiger partial charge < -0.3 is 0 Å². The lowest BCUT2D eigenvalue weighted by molar-refractivity contribution is 1.29. The van der Waals surface area contributed by atoms with Crippen molar-refractivity contribution in [1.29, 1.82) is 5.26 Å². The van der Waals surface area contributed by atoms with Crippen LogP contribution in [0.1, 0.15) is 5.56 Å². The summed E-state index contributed by atoms with van der Waals surface area (Å²) < 4.78 is 0. The van der Waals surface area contributed by atoms with Gasteiger partial charge in [-0.2, -0.15) is 5.26 Å². The van der Waals surface area contributed by atoms with Gasteiger partial charge in [-0.25, -0.2) is 0 Å². The summed E-state index contributed by atoms with van der Waals surface area (Å²) in [6, 6.07) is 25.1. The molecule has 0 radical (unpaired) electrons. The zero-order valence-corrected chi connectivity index (χ0v) is 10.5. The van der Waals surface area contributed by atoms with E-state index in [0.29, 0.717) is 6.42 Å². The first-order chi connectivity index (χ1) is 9.40. The Balaban J connectivity index is 2.29. The molecule has 0 saturated carbocycles. The third-order valence-electron chi connectivity index (χ3n) is 3.37. The topological polar surface area (TPSA) is 23.8 Å². The first-order valence-corrected chi connectivity index (χ1v) is 6.33. The summed E-state index contributed by atoms with van der Waals surface area (Å²) in [5.41, 5.74) is 3.53. The van der Waals surface area contributed by atoms with Crippen molar-refractivity contribution >= 4 is 10.8 Å². The Morgan fingerprint density at radius 3 is 2.16 bits per heavy atom. The number of fused-ring (bicyclic) bond motifs is 1. The second kappa shape index (κ2) is 4.96. The van der Waals surface area contributed by atoms with Crippen LogP contribution < -0.4 is 0 Å². The third kappa shape index (κ3) is 2.09. The molecule has 90 valence electrons. The van der Waals surface area contributed by atoms with Gasteiger partial charge in [0.05, 0.1) is 12.5 Å². The summed E-state index contributed by atoms with van der Waals surface area (Å²) in [6.45, 7) is 0. The van der Waals surface area contributed by atoms with Crippen molar-refractivity contribution in [3.05, 3.63) is 72.3 Å². The molecule has 0 fully saturated rings. The molecule has 3 aromatic rings. The van der Waals surface area contributed by atoms with Gasteiger partial charge in [-0.05, 0) is 27.5 Å². The molecule has 0 aliphatic heterocycles. The van der Waals surface area contributed by atoms with Crippen LogP contribution in [0.5, 0.6) is 0 Å². The number of rotatable bonds is 2. The quantitative estimate of drug-likeness (QED) is 0.646. The van der Waals surface area contributed by atoms with Gasteiger partial charge in [-0.1, -0.05) is 66.7 Å². The summed E-state index contributed by atoms with van der Waals surface area (Å²) in [5, 5.41) is 11.3. The number of benzene rings is 3. The summed E-state index contributed by atoms with van der Waals surface area (Å²) in [6.07, 6.45) is 0.454. The molecule has 0 aliphatic carbocycles. The van der Waals surface area contributed by atoms with E-state index >= 15 is 0 Å². The summed E-state index contributed by atoms with van der Waals surface area (Å²) in [4.78, 5) is 0. The molecule has 0 N–H and O–H groups in total. The maximum absolute atomic E-state index is 8.92. The SMILES string of the molecule is N#CCc1ccc(-c2ccccc2)c2ccccc12. The average Bonchev–Trinajstić information content (AvgIpc) is 2.49. The van der Waals surface area contributed by atoms with E-state index in [1.165, 1.54) is 21.9 Å². The van der Waals surface area contributed by atoms with Crippen molar-refractivity contribution in [2.24, 2.45) is 0 Å². The van der Waals surface area contributed by atoms with E-state index in [1.54, 1.807) is 0 Å². The molecule has 0 aliphatic rings. The standard InChI is InChI=1S/C18H13N/c19-13-12-15-10-11-17(14-6-2-1-3-7-14)18-9-5-4-8-16(15)18/h1-11H,12H2. The van der Waals surface area contributed by atoms with Gasteiger partial charge >= 0.3 is 0 Å². The Kier molecular flexibility index (Phi) is 3.00. The Hall–Kier alpha value is -2.59. The van der Waals surface area contributed by atoms with Crippen LogP contribution in [0.15, 0.2) is 66.7 Å². The van der Waals surface area contributed by atoms with Gasteiger partial charge in [0.1, 0.15) is 0 Å². The molecular weight excluding hydrogens is 230 g/mol. The fraction of sp³-hybridized carbons (Fsp3) is 0.0556. The van der Waals surface area contributed by atoms with Crippen LogP contribution in [-0.4, -0.2) is 0 Å². The van der Waals surface area contributed by atoms with Gasteiger partial charge in [0.2, 0.25) is 0 Å². The van der Waals surface area contributed by atoms with Gasteiger partial charge in [0, 0.05) is 0 Å². The van der Waals surface area contributed by atoms with Gasteiger partial charge in [-0.15, -0.1) is 0 Å². The number of hydrogen-bond acceptors (Lipinski definition) is 1. The summed E-state index contributed by atoms with van der Waals surface area (Å²) in [5.74, 6) is 0. The fourth-order valence-corrected chi connectivity index (χ4v) is 2.47. The molecule has 0 spiro atoms. The minimum atomic E-state index is 0.454. The average molecular weight is 243 g/mol. The zero-order valence-electron chi connectivity index (χ0n) is 10.5. The Labute approximate surface area is 112 Å². The number of nitrogens with zero attached hydrogens (tertiary/aromatic N) is 1. The highest BCUT2D eigenvalue weighted by Crippen LogP contribution is 2.30. The van der Waals surface area contributed by atoms with Crippen molar-refractivity contribution in [1.82, 2.24) is 0 Å².